The lowest BCUT2D eigenvalue weighted by molar-refractivity contribution is 0.0619. The van der Waals surface area contributed by atoms with E-state index in [9.17, 15) is 0 Å². The molecule has 0 saturated heterocycles. The van der Waals surface area contributed by atoms with E-state index in [-0.39, 0.29) is 6.10 Å². The summed E-state index contributed by atoms with van der Waals surface area (Å²) in [7, 11) is 0. The largest absolute Gasteiger partial charge is 0.393 e. The first-order chi connectivity index (χ1) is 6.74. The molecule has 1 aromatic rings. The van der Waals surface area contributed by atoms with Crippen LogP contribution in [-0.4, -0.2) is 17.3 Å². The van der Waals surface area contributed by atoms with Gasteiger partial charge in [0.25, 0.3) is 0 Å². The fourth-order valence-corrected chi connectivity index (χ4v) is 1.74. The number of aliphatic hydroxyl groups excluding tert-OH is 1. The molecule has 0 amide bonds. The number of nitrogens with one attached hydrogen (secondary N) is 1. The van der Waals surface area contributed by atoms with Gasteiger partial charge in [-0.3, -0.25) is 0 Å². The Balaban J connectivity index is 1.78. The molecule has 2 nitrogen and oxygen atoms in total. The lowest BCUT2D eigenvalue weighted by Crippen LogP contribution is -2.43. The molecule has 0 aliphatic heterocycles. The third-order valence-electron chi connectivity index (χ3n) is 2.62. The number of benzene rings is 1. The Morgan fingerprint density at radius 2 is 1.93 bits per heavy atom. The van der Waals surface area contributed by atoms with Crippen LogP contribution in [0.4, 0.5) is 0 Å². The average molecular weight is 212 g/mol. The molecule has 0 bridgehead atoms. The highest BCUT2D eigenvalue weighted by Crippen LogP contribution is 2.19. The topological polar surface area (TPSA) is 32.3 Å². The summed E-state index contributed by atoms with van der Waals surface area (Å²) in [5.41, 5.74) is 1.23. The number of aliphatic hydroxyl groups is 1. The summed E-state index contributed by atoms with van der Waals surface area (Å²) in [4.78, 5) is 0. The molecular weight excluding hydrogens is 198 g/mol. The molecule has 3 heteroatoms. The summed E-state index contributed by atoms with van der Waals surface area (Å²) in [6.45, 7) is 0.856. The third-order valence-corrected chi connectivity index (χ3v) is 2.87. The van der Waals surface area contributed by atoms with Crippen molar-refractivity contribution in [2.45, 2.75) is 31.5 Å². The third kappa shape index (κ3) is 2.47. The van der Waals surface area contributed by atoms with Crippen molar-refractivity contribution in [1.82, 2.24) is 5.32 Å². The van der Waals surface area contributed by atoms with E-state index in [2.05, 4.69) is 5.32 Å². The van der Waals surface area contributed by atoms with E-state index in [0.29, 0.717) is 6.04 Å². The van der Waals surface area contributed by atoms with Gasteiger partial charge >= 0.3 is 0 Å². The van der Waals surface area contributed by atoms with E-state index in [4.69, 9.17) is 16.7 Å². The maximum absolute atomic E-state index is 9.09. The second kappa shape index (κ2) is 4.30. The van der Waals surface area contributed by atoms with Crippen LogP contribution in [-0.2, 0) is 6.54 Å². The van der Waals surface area contributed by atoms with Crippen LogP contribution in [0.2, 0.25) is 5.02 Å². The first-order valence-electron chi connectivity index (χ1n) is 4.90. The van der Waals surface area contributed by atoms with E-state index in [1.807, 2.05) is 24.3 Å². The SMILES string of the molecule is OC1CC(NCc2ccc(Cl)cc2)C1. The molecule has 2 N–H and O–H groups in total. The molecule has 76 valence electrons. The van der Waals surface area contributed by atoms with Crippen LogP contribution in [0.1, 0.15) is 18.4 Å². The second-order valence-corrected chi connectivity index (χ2v) is 4.27. The van der Waals surface area contributed by atoms with Crippen molar-refractivity contribution in [2.75, 3.05) is 0 Å². The predicted octanol–water partition coefficient (Wildman–Crippen LogP) is 1.95. The highest BCUT2D eigenvalue weighted by atomic mass is 35.5. The minimum atomic E-state index is -0.0854. The van der Waals surface area contributed by atoms with Gasteiger partial charge in [-0.2, -0.15) is 0 Å². The Hall–Kier alpha value is -0.570. The summed E-state index contributed by atoms with van der Waals surface area (Å²) in [6.07, 6.45) is 1.68. The minimum absolute atomic E-state index is 0.0854. The maximum atomic E-state index is 9.09. The molecule has 1 aliphatic rings. The van der Waals surface area contributed by atoms with Gasteiger partial charge in [0.15, 0.2) is 0 Å². The monoisotopic (exact) mass is 211 g/mol. The van der Waals surface area contributed by atoms with Crippen LogP contribution in [0.3, 0.4) is 0 Å². The molecule has 1 aliphatic carbocycles. The molecule has 2 rings (SSSR count). The number of hydrogen-bond donors (Lipinski definition) is 2. The molecular formula is C11H14ClNO. The number of hydrogen-bond acceptors (Lipinski definition) is 2. The molecule has 0 unspecified atom stereocenters. The Morgan fingerprint density at radius 1 is 1.29 bits per heavy atom. The van der Waals surface area contributed by atoms with E-state index in [1.165, 1.54) is 5.56 Å². The summed E-state index contributed by atoms with van der Waals surface area (Å²) in [5, 5.41) is 13.2. The van der Waals surface area contributed by atoms with Gasteiger partial charge in [0.1, 0.15) is 0 Å². The molecule has 0 aromatic heterocycles. The Bertz CT molecular complexity index is 293. The van der Waals surface area contributed by atoms with Crippen molar-refractivity contribution in [2.24, 2.45) is 0 Å². The maximum Gasteiger partial charge on any atom is 0.0570 e. The van der Waals surface area contributed by atoms with Crippen molar-refractivity contribution in [3.63, 3.8) is 0 Å². The van der Waals surface area contributed by atoms with E-state index in [1.54, 1.807) is 0 Å². The fourth-order valence-electron chi connectivity index (χ4n) is 1.62. The predicted molar refractivity (Wildman–Crippen MR) is 57.3 cm³/mol. The van der Waals surface area contributed by atoms with Crippen molar-refractivity contribution < 1.29 is 5.11 Å². The highest BCUT2D eigenvalue weighted by molar-refractivity contribution is 6.30. The normalized spacial score (nSPS) is 25.9. The van der Waals surface area contributed by atoms with Crippen LogP contribution in [0.25, 0.3) is 0 Å². The summed E-state index contributed by atoms with van der Waals surface area (Å²) < 4.78 is 0. The Kier molecular flexibility index (Phi) is 3.06. The fraction of sp³-hybridized carbons (Fsp3) is 0.455. The average Bonchev–Trinajstić information content (AvgIpc) is 2.13. The van der Waals surface area contributed by atoms with Crippen LogP contribution >= 0.6 is 11.6 Å². The van der Waals surface area contributed by atoms with Gasteiger partial charge in [0.2, 0.25) is 0 Å². The highest BCUT2D eigenvalue weighted by Gasteiger charge is 2.26. The van der Waals surface area contributed by atoms with Gasteiger partial charge in [-0.1, -0.05) is 23.7 Å². The molecule has 0 spiro atoms. The molecule has 0 radical (unpaired) electrons. The van der Waals surface area contributed by atoms with Gasteiger partial charge in [0, 0.05) is 17.6 Å². The first-order valence-corrected chi connectivity index (χ1v) is 5.28. The van der Waals surface area contributed by atoms with Gasteiger partial charge in [-0.05, 0) is 30.5 Å². The molecule has 14 heavy (non-hydrogen) atoms. The zero-order valence-corrected chi connectivity index (χ0v) is 8.67. The van der Waals surface area contributed by atoms with Gasteiger partial charge in [-0.25, -0.2) is 0 Å². The van der Waals surface area contributed by atoms with E-state index < -0.39 is 0 Å². The number of rotatable bonds is 3. The zero-order valence-electron chi connectivity index (χ0n) is 7.91. The molecule has 1 fully saturated rings. The first kappa shape index (κ1) is 9.97. The van der Waals surface area contributed by atoms with Crippen molar-refractivity contribution in [1.29, 1.82) is 0 Å². The van der Waals surface area contributed by atoms with Gasteiger partial charge in [0.05, 0.1) is 6.10 Å². The Labute approximate surface area is 88.9 Å². The second-order valence-electron chi connectivity index (χ2n) is 3.83. The molecule has 0 heterocycles. The van der Waals surface area contributed by atoms with Crippen molar-refractivity contribution in [3.8, 4) is 0 Å². The quantitative estimate of drug-likeness (QED) is 0.801. The van der Waals surface area contributed by atoms with Crippen LogP contribution in [0.5, 0.6) is 0 Å². The summed E-state index contributed by atoms with van der Waals surface area (Å²) in [5.74, 6) is 0. The lowest BCUT2D eigenvalue weighted by Gasteiger charge is -2.32. The number of halogens is 1. The minimum Gasteiger partial charge on any atom is -0.393 e. The molecule has 1 saturated carbocycles. The van der Waals surface area contributed by atoms with Crippen LogP contribution < -0.4 is 5.32 Å². The van der Waals surface area contributed by atoms with E-state index >= 15 is 0 Å². The standard InChI is InChI=1S/C11H14ClNO/c12-9-3-1-8(2-4-9)7-13-10-5-11(14)6-10/h1-4,10-11,13-14H,5-7H2. The van der Waals surface area contributed by atoms with Gasteiger partial charge in [-0.15, -0.1) is 0 Å². The van der Waals surface area contributed by atoms with Crippen LogP contribution in [0, 0.1) is 0 Å². The Morgan fingerprint density at radius 3 is 2.50 bits per heavy atom. The molecule has 1 aromatic carbocycles. The zero-order chi connectivity index (χ0) is 9.97. The van der Waals surface area contributed by atoms with Crippen molar-refractivity contribution in [3.05, 3.63) is 34.9 Å². The van der Waals surface area contributed by atoms with Crippen LogP contribution in [0.15, 0.2) is 24.3 Å². The lowest BCUT2D eigenvalue weighted by atomic mass is 9.89. The van der Waals surface area contributed by atoms with Crippen molar-refractivity contribution >= 4 is 11.6 Å². The van der Waals surface area contributed by atoms with Gasteiger partial charge < -0.3 is 10.4 Å². The van der Waals surface area contributed by atoms with E-state index in [0.717, 1.165) is 24.4 Å². The summed E-state index contributed by atoms with van der Waals surface area (Å²) in [6, 6.07) is 8.32. The smallest absolute Gasteiger partial charge is 0.0570 e. The summed E-state index contributed by atoms with van der Waals surface area (Å²) >= 11 is 5.78. The molecule has 0 atom stereocenters.